The standard InChI is InChI=1S/C20H25ClN6O2/c1-15(20(28)25(2)9-3-8-22)27-12-10-26(11-13-27)14-18-23-19(24-29-18)16-4-6-17(21)7-5-16/h4-7,15H,3,9-14H2,1-2H3. The number of amides is 1. The van der Waals surface area contributed by atoms with Crippen molar-refractivity contribution in [3.05, 3.63) is 35.2 Å². The van der Waals surface area contributed by atoms with E-state index < -0.39 is 0 Å². The van der Waals surface area contributed by atoms with E-state index in [9.17, 15) is 4.79 Å². The summed E-state index contributed by atoms with van der Waals surface area (Å²) in [6.45, 7) is 6.19. The Kier molecular flexibility index (Phi) is 7.20. The number of likely N-dealkylation sites (N-methyl/N-ethyl adjacent to an activating group) is 1. The number of aromatic nitrogens is 2. The number of hydrogen-bond donors (Lipinski definition) is 0. The molecule has 1 fully saturated rings. The summed E-state index contributed by atoms with van der Waals surface area (Å²) in [6.07, 6.45) is 0.352. The van der Waals surface area contributed by atoms with Gasteiger partial charge in [0.2, 0.25) is 17.6 Å². The second-order valence-electron chi connectivity index (χ2n) is 7.17. The summed E-state index contributed by atoms with van der Waals surface area (Å²) in [4.78, 5) is 23.0. The van der Waals surface area contributed by atoms with Gasteiger partial charge >= 0.3 is 0 Å². The van der Waals surface area contributed by atoms with Crippen molar-refractivity contribution in [3.8, 4) is 17.5 Å². The van der Waals surface area contributed by atoms with Crippen molar-refractivity contribution < 1.29 is 9.32 Å². The van der Waals surface area contributed by atoms with Crippen LogP contribution in [0.5, 0.6) is 0 Å². The summed E-state index contributed by atoms with van der Waals surface area (Å²) >= 11 is 5.91. The highest BCUT2D eigenvalue weighted by Crippen LogP contribution is 2.19. The number of nitriles is 1. The first kappa shape index (κ1) is 21.2. The average molecular weight is 417 g/mol. The number of benzene rings is 1. The molecule has 0 bridgehead atoms. The van der Waals surface area contributed by atoms with E-state index in [4.69, 9.17) is 21.4 Å². The van der Waals surface area contributed by atoms with E-state index in [1.54, 1.807) is 24.1 Å². The molecule has 9 heteroatoms. The molecule has 2 aromatic rings. The van der Waals surface area contributed by atoms with Gasteiger partial charge in [0.1, 0.15) is 0 Å². The highest BCUT2D eigenvalue weighted by Gasteiger charge is 2.28. The molecule has 0 saturated carbocycles. The van der Waals surface area contributed by atoms with Crippen LogP contribution in [0, 0.1) is 11.3 Å². The Balaban J connectivity index is 1.49. The Bertz CT molecular complexity index is 855. The maximum atomic E-state index is 12.5. The minimum atomic E-state index is -0.194. The maximum Gasteiger partial charge on any atom is 0.241 e. The van der Waals surface area contributed by atoms with E-state index in [2.05, 4.69) is 26.0 Å². The van der Waals surface area contributed by atoms with Crippen LogP contribution in [0.3, 0.4) is 0 Å². The highest BCUT2D eigenvalue weighted by atomic mass is 35.5. The van der Waals surface area contributed by atoms with Crippen molar-refractivity contribution in [2.75, 3.05) is 39.8 Å². The van der Waals surface area contributed by atoms with Crippen LogP contribution >= 0.6 is 11.6 Å². The first-order valence-electron chi connectivity index (χ1n) is 9.65. The highest BCUT2D eigenvalue weighted by molar-refractivity contribution is 6.30. The van der Waals surface area contributed by atoms with E-state index in [0.29, 0.717) is 36.2 Å². The number of piperazine rings is 1. The van der Waals surface area contributed by atoms with Crippen LogP contribution < -0.4 is 0 Å². The topological polar surface area (TPSA) is 89.5 Å². The number of nitrogens with zero attached hydrogens (tertiary/aromatic N) is 6. The molecule has 0 radical (unpaired) electrons. The Hall–Kier alpha value is -2.47. The predicted octanol–water partition coefficient (Wildman–Crippen LogP) is 2.27. The number of carbonyl (C=O) groups is 1. The van der Waals surface area contributed by atoms with Gasteiger partial charge in [0.05, 0.1) is 25.1 Å². The fourth-order valence-electron chi connectivity index (χ4n) is 3.34. The van der Waals surface area contributed by atoms with Crippen molar-refractivity contribution in [3.63, 3.8) is 0 Å². The molecule has 3 rings (SSSR count). The summed E-state index contributed by atoms with van der Waals surface area (Å²) < 4.78 is 5.40. The maximum absolute atomic E-state index is 12.5. The number of hydrogen-bond acceptors (Lipinski definition) is 7. The largest absolute Gasteiger partial charge is 0.343 e. The van der Waals surface area contributed by atoms with E-state index in [1.807, 2.05) is 19.1 Å². The lowest BCUT2D eigenvalue weighted by Crippen LogP contribution is -2.53. The summed E-state index contributed by atoms with van der Waals surface area (Å²) in [6, 6.07) is 9.20. The van der Waals surface area contributed by atoms with Gasteiger partial charge in [-0.05, 0) is 31.2 Å². The Labute approximate surface area is 175 Å². The molecule has 0 N–H and O–H groups in total. The van der Waals surface area contributed by atoms with Gasteiger partial charge in [0, 0.05) is 50.4 Å². The number of carbonyl (C=O) groups excluding carboxylic acids is 1. The van der Waals surface area contributed by atoms with Crippen LogP contribution in [0.1, 0.15) is 19.2 Å². The van der Waals surface area contributed by atoms with Crippen molar-refractivity contribution in [1.29, 1.82) is 5.26 Å². The molecule has 1 amide bonds. The van der Waals surface area contributed by atoms with Crippen LogP contribution in [-0.2, 0) is 11.3 Å². The zero-order valence-corrected chi connectivity index (χ0v) is 17.5. The van der Waals surface area contributed by atoms with E-state index in [0.717, 1.165) is 31.7 Å². The lowest BCUT2D eigenvalue weighted by Gasteiger charge is -2.37. The second-order valence-corrected chi connectivity index (χ2v) is 7.61. The Morgan fingerprint density at radius 3 is 2.66 bits per heavy atom. The molecule has 1 unspecified atom stereocenters. The van der Waals surface area contributed by atoms with Crippen LogP contribution in [0.4, 0.5) is 0 Å². The first-order valence-corrected chi connectivity index (χ1v) is 10.0. The molecule has 154 valence electrons. The SMILES string of the molecule is CC(C(=O)N(C)CCC#N)N1CCN(Cc2nc(-c3ccc(Cl)cc3)no2)CC1. The third kappa shape index (κ3) is 5.54. The lowest BCUT2D eigenvalue weighted by atomic mass is 10.2. The number of rotatable bonds is 7. The normalized spacial score (nSPS) is 16.3. The molecule has 1 atom stereocenters. The van der Waals surface area contributed by atoms with Crippen LogP contribution in [0.15, 0.2) is 28.8 Å². The van der Waals surface area contributed by atoms with Gasteiger partial charge in [0.25, 0.3) is 0 Å². The first-order chi connectivity index (χ1) is 14.0. The van der Waals surface area contributed by atoms with Gasteiger partial charge in [-0.15, -0.1) is 0 Å². The molecule has 1 saturated heterocycles. The van der Waals surface area contributed by atoms with E-state index in [-0.39, 0.29) is 11.9 Å². The minimum absolute atomic E-state index is 0.0539. The molecular formula is C20H25ClN6O2. The molecule has 8 nitrogen and oxygen atoms in total. The monoisotopic (exact) mass is 416 g/mol. The van der Waals surface area contributed by atoms with Gasteiger partial charge in [-0.3, -0.25) is 14.6 Å². The predicted molar refractivity (Wildman–Crippen MR) is 109 cm³/mol. The third-order valence-corrected chi connectivity index (χ3v) is 5.43. The minimum Gasteiger partial charge on any atom is -0.343 e. The molecule has 1 aliphatic heterocycles. The van der Waals surface area contributed by atoms with Crippen LogP contribution in [0.25, 0.3) is 11.4 Å². The quantitative estimate of drug-likeness (QED) is 0.683. The van der Waals surface area contributed by atoms with Crippen molar-refractivity contribution >= 4 is 17.5 Å². The zero-order valence-electron chi connectivity index (χ0n) is 16.7. The zero-order chi connectivity index (χ0) is 20.8. The van der Waals surface area contributed by atoms with Crippen molar-refractivity contribution in [1.82, 2.24) is 24.8 Å². The molecule has 0 spiro atoms. The van der Waals surface area contributed by atoms with Gasteiger partial charge in [-0.1, -0.05) is 16.8 Å². The molecule has 2 heterocycles. The smallest absolute Gasteiger partial charge is 0.241 e. The summed E-state index contributed by atoms with van der Waals surface area (Å²) in [5, 5.41) is 13.4. The van der Waals surface area contributed by atoms with Crippen molar-refractivity contribution in [2.24, 2.45) is 0 Å². The van der Waals surface area contributed by atoms with Crippen LogP contribution in [-0.4, -0.2) is 76.6 Å². The summed E-state index contributed by atoms with van der Waals surface area (Å²) in [7, 11) is 1.75. The van der Waals surface area contributed by atoms with Gasteiger partial charge in [-0.25, -0.2) is 0 Å². The molecule has 1 aromatic heterocycles. The van der Waals surface area contributed by atoms with Gasteiger partial charge < -0.3 is 9.42 Å². The molecule has 29 heavy (non-hydrogen) atoms. The molecule has 1 aromatic carbocycles. The Morgan fingerprint density at radius 1 is 1.31 bits per heavy atom. The molecular weight excluding hydrogens is 392 g/mol. The van der Waals surface area contributed by atoms with E-state index >= 15 is 0 Å². The molecule has 1 aliphatic rings. The fourth-order valence-corrected chi connectivity index (χ4v) is 3.46. The fraction of sp³-hybridized carbons (Fsp3) is 0.500. The van der Waals surface area contributed by atoms with Gasteiger partial charge in [0.15, 0.2) is 0 Å². The second kappa shape index (κ2) is 9.83. The average Bonchev–Trinajstić information content (AvgIpc) is 3.20. The van der Waals surface area contributed by atoms with Gasteiger partial charge in [-0.2, -0.15) is 10.2 Å². The van der Waals surface area contributed by atoms with Crippen molar-refractivity contribution in [2.45, 2.75) is 25.9 Å². The Morgan fingerprint density at radius 2 is 2.00 bits per heavy atom. The summed E-state index contributed by atoms with van der Waals surface area (Å²) in [5.74, 6) is 1.18. The number of halogens is 1. The lowest BCUT2D eigenvalue weighted by molar-refractivity contribution is -0.135. The third-order valence-electron chi connectivity index (χ3n) is 5.18. The van der Waals surface area contributed by atoms with Crippen LogP contribution in [0.2, 0.25) is 5.02 Å². The molecule has 0 aliphatic carbocycles. The van der Waals surface area contributed by atoms with E-state index in [1.165, 1.54) is 0 Å². The summed E-state index contributed by atoms with van der Waals surface area (Å²) in [5.41, 5.74) is 0.863.